The maximum absolute atomic E-state index is 13.3. The van der Waals surface area contributed by atoms with E-state index in [2.05, 4.69) is 62.5 Å². The van der Waals surface area contributed by atoms with Crippen molar-refractivity contribution in [2.24, 2.45) is 42.8 Å². The molecule has 4 fully saturated rings. The number of hydrogen-bond donors (Lipinski definition) is 4. The summed E-state index contributed by atoms with van der Waals surface area (Å²) in [6.07, 6.45) is 4.92. The standard InChI is InChI=1S/C25H40N4O4/c1-20(2)22(5)8-10-24(20,14-16(22)28-32)18(30)26-12-7-13-27-19(31)25-11-9-23(6,21(25,3)4)17(15-25)29-33/h32-33H,7-15H2,1-6H3,(H,26,30)(H,27,31)/b28-16+,29-17+. The van der Waals surface area contributed by atoms with Crippen LogP contribution in [-0.4, -0.2) is 46.7 Å². The summed E-state index contributed by atoms with van der Waals surface area (Å²) >= 11 is 0. The third-order valence-corrected chi connectivity index (χ3v) is 11.5. The van der Waals surface area contributed by atoms with Crippen molar-refractivity contribution in [2.45, 2.75) is 86.5 Å². The van der Waals surface area contributed by atoms with Crippen LogP contribution in [0.2, 0.25) is 0 Å². The molecule has 0 aromatic carbocycles. The minimum atomic E-state index is -0.548. The van der Waals surface area contributed by atoms with Gasteiger partial charge in [-0.1, -0.05) is 51.9 Å². The molecule has 4 bridgehead atoms. The maximum atomic E-state index is 13.3. The maximum Gasteiger partial charge on any atom is 0.227 e. The SMILES string of the molecule is CC12CCC(C(=O)NCCCNC(=O)C34CCC(C)(/C(=N/O)C3)C4(C)C)(C/C1=N\O)C2(C)C. The zero-order valence-corrected chi connectivity index (χ0v) is 21.0. The lowest BCUT2D eigenvalue weighted by Crippen LogP contribution is -2.48. The fraction of sp³-hybridized carbons (Fsp3) is 0.840. The van der Waals surface area contributed by atoms with Crippen molar-refractivity contribution in [3.8, 4) is 0 Å². The molecule has 184 valence electrons. The van der Waals surface area contributed by atoms with Crippen molar-refractivity contribution in [1.82, 2.24) is 10.6 Å². The number of oxime groups is 2. The van der Waals surface area contributed by atoms with Gasteiger partial charge < -0.3 is 21.0 Å². The molecular formula is C25H40N4O4. The summed E-state index contributed by atoms with van der Waals surface area (Å²) in [6.45, 7) is 13.6. The van der Waals surface area contributed by atoms with E-state index in [1.807, 2.05) is 0 Å². The van der Waals surface area contributed by atoms with Crippen LogP contribution in [0.15, 0.2) is 10.3 Å². The minimum absolute atomic E-state index is 0.0204. The lowest BCUT2D eigenvalue weighted by Gasteiger charge is -2.39. The van der Waals surface area contributed by atoms with Crippen LogP contribution >= 0.6 is 0 Å². The first kappa shape index (κ1) is 24.0. The summed E-state index contributed by atoms with van der Waals surface area (Å²) in [4.78, 5) is 26.5. The van der Waals surface area contributed by atoms with Crippen LogP contribution in [0.5, 0.6) is 0 Å². The largest absolute Gasteiger partial charge is 0.411 e. The summed E-state index contributed by atoms with van der Waals surface area (Å²) in [7, 11) is 0. The van der Waals surface area contributed by atoms with E-state index in [0.717, 1.165) is 37.1 Å². The van der Waals surface area contributed by atoms with Crippen molar-refractivity contribution in [3.63, 3.8) is 0 Å². The van der Waals surface area contributed by atoms with E-state index in [4.69, 9.17) is 0 Å². The monoisotopic (exact) mass is 460 g/mol. The molecule has 4 atom stereocenters. The Morgan fingerprint density at radius 2 is 1.09 bits per heavy atom. The molecule has 0 heterocycles. The molecular weight excluding hydrogens is 420 g/mol. The van der Waals surface area contributed by atoms with Crippen LogP contribution in [0, 0.1) is 32.5 Å². The van der Waals surface area contributed by atoms with Crippen LogP contribution < -0.4 is 10.6 Å². The number of hydrogen-bond acceptors (Lipinski definition) is 6. The highest BCUT2D eigenvalue weighted by atomic mass is 16.4. The van der Waals surface area contributed by atoms with E-state index in [-0.39, 0.29) is 33.5 Å². The van der Waals surface area contributed by atoms with Crippen LogP contribution in [0.3, 0.4) is 0 Å². The highest BCUT2D eigenvalue weighted by Gasteiger charge is 2.72. The van der Waals surface area contributed by atoms with Gasteiger partial charge in [0.05, 0.1) is 22.3 Å². The molecule has 0 saturated heterocycles. The van der Waals surface area contributed by atoms with E-state index in [1.165, 1.54) is 0 Å². The van der Waals surface area contributed by atoms with Crippen molar-refractivity contribution in [2.75, 3.05) is 13.1 Å². The second-order valence-corrected chi connectivity index (χ2v) is 12.4. The van der Waals surface area contributed by atoms with Gasteiger partial charge in [-0.3, -0.25) is 9.59 Å². The van der Waals surface area contributed by atoms with Crippen molar-refractivity contribution in [1.29, 1.82) is 0 Å². The predicted octanol–water partition coefficient (Wildman–Crippen LogP) is 3.70. The number of carbonyl (C=O) groups excluding carboxylic acids is 2. The second kappa shape index (κ2) is 7.19. The van der Waals surface area contributed by atoms with Crippen LogP contribution in [0.4, 0.5) is 0 Å². The lowest BCUT2D eigenvalue weighted by molar-refractivity contribution is -0.136. The molecule has 8 heteroatoms. The van der Waals surface area contributed by atoms with Gasteiger partial charge in [-0.15, -0.1) is 0 Å². The number of carbonyl (C=O) groups is 2. The molecule has 0 aromatic rings. The van der Waals surface area contributed by atoms with Crippen LogP contribution in [-0.2, 0) is 9.59 Å². The van der Waals surface area contributed by atoms with E-state index in [1.54, 1.807) is 0 Å². The number of fused-ring (bicyclic) bond motifs is 4. The topological polar surface area (TPSA) is 123 Å². The summed E-state index contributed by atoms with van der Waals surface area (Å²) in [5.74, 6) is 0.0409. The Hall–Kier alpha value is -2.12. The summed E-state index contributed by atoms with van der Waals surface area (Å²) in [6, 6.07) is 0. The smallest absolute Gasteiger partial charge is 0.227 e. The van der Waals surface area contributed by atoms with E-state index >= 15 is 0 Å². The number of nitrogens with one attached hydrogen (secondary N) is 2. The Morgan fingerprint density at radius 3 is 1.39 bits per heavy atom. The Morgan fingerprint density at radius 1 is 0.727 bits per heavy atom. The van der Waals surface area contributed by atoms with Crippen LogP contribution in [0.1, 0.15) is 86.5 Å². The Labute approximate surface area is 196 Å². The Balaban J connectivity index is 1.32. The normalized spacial score (nSPS) is 42.2. The van der Waals surface area contributed by atoms with Gasteiger partial charge in [-0.25, -0.2) is 0 Å². The Kier molecular flexibility index (Phi) is 5.23. The highest BCUT2D eigenvalue weighted by Crippen LogP contribution is 2.72. The minimum Gasteiger partial charge on any atom is -0.411 e. The van der Waals surface area contributed by atoms with E-state index in [0.29, 0.717) is 32.4 Å². The number of amides is 2. The van der Waals surface area contributed by atoms with Gasteiger partial charge in [0.25, 0.3) is 0 Å². The lowest BCUT2D eigenvalue weighted by atomic mass is 9.64. The van der Waals surface area contributed by atoms with Gasteiger partial charge >= 0.3 is 0 Å². The molecule has 8 nitrogen and oxygen atoms in total. The molecule has 4 aliphatic carbocycles. The van der Waals surface area contributed by atoms with Gasteiger partial charge in [0.15, 0.2) is 0 Å². The summed E-state index contributed by atoms with van der Waals surface area (Å²) in [5, 5.41) is 32.3. The number of nitrogens with zero attached hydrogens (tertiary/aromatic N) is 2. The van der Waals surface area contributed by atoms with E-state index < -0.39 is 10.8 Å². The fourth-order valence-corrected chi connectivity index (χ4v) is 7.90. The molecule has 4 N–H and O–H groups in total. The molecule has 4 rings (SSSR count). The first-order chi connectivity index (χ1) is 15.3. The Bertz CT molecular complexity index is 867. The summed E-state index contributed by atoms with van der Waals surface area (Å²) in [5.41, 5.74) is -0.716. The van der Waals surface area contributed by atoms with Gasteiger partial charge in [0.1, 0.15) is 0 Å². The molecule has 0 aromatic heterocycles. The van der Waals surface area contributed by atoms with Gasteiger partial charge in [-0.05, 0) is 42.9 Å². The zero-order valence-electron chi connectivity index (χ0n) is 21.0. The highest BCUT2D eigenvalue weighted by molar-refractivity contribution is 6.03. The van der Waals surface area contributed by atoms with Gasteiger partial charge in [0.2, 0.25) is 11.8 Å². The molecule has 0 aliphatic heterocycles. The average molecular weight is 461 g/mol. The summed E-state index contributed by atoms with van der Waals surface area (Å²) < 4.78 is 0. The van der Waals surface area contributed by atoms with Gasteiger partial charge in [0, 0.05) is 36.8 Å². The van der Waals surface area contributed by atoms with Gasteiger partial charge in [-0.2, -0.15) is 0 Å². The molecule has 0 radical (unpaired) electrons. The second-order valence-electron chi connectivity index (χ2n) is 12.4. The van der Waals surface area contributed by atoms with Crippen LogP contribution in [0.25, 0.3) is 0 Å². The molecule has 4 saturated carbocycles. The average Bonchev–Trinajstić information content (AvgIpc) is 3.25. The third-order valence-electron chi connectivity index (χ3n) is 11.5. The first-order valence-electron chi connectivity index (χ1n) is 12.3. The number of rotatable bonds is 6. The fourth-order valence-electron chi connectivity index (χ4n) is 7.90. The van der Waals surface area contributed by atoms with Crippen molar-refractivity contribution < 1.29 is 20.0 Å². The molecule has 2 amide bonds. The zero-order chi connectivity index (χ0) is 24.5. The molecule has 33 heavy (non-hydrogen) atoms. The molecule has 0 spiro atoms. The molecule has 4 aliphatic rings. The van der Waals surface area contributed by atoms with Crippen molar-refractivity contribution >= 4 is 23.2 Å². The quantitative estimate of drug-likeness (QED) is 0.274. The molecule has 4 unspecified atom stereocenters. The third kappa shape index (κ3) is 2.64. The predicted molar refractivity (Wildman–Crippen MR) is 125 cm³/mol. The van der Waals surface area contributed by atoms with Crippen molar-refractivity contribution in [3.05, 3.63) is 0 Å². The first-order valence-corrected chi connectivity index (χ1v) is 12.3. The van der Waals surface area contributed by atoms with E-state index in [9.17, 15) is 20.0 Å².